The average molecular weight is 539 g/mol. The van der Waals surface area contributed by atoms with E-state index in [4.69, 9.17) is 4.98 Å². The van der Waals surface area contributed by atoms with Crippen molar-refractivity contribution >= 4 is 10.9 Å². The van der Waals surface area contributed by atoms with Crippen molar-refractivity contribution in [3.8, 4) is 22.6 Å². The maximum Gasteiger partial charge on any atom is 0.416 e. The van der Waals surface area contributed by atoms with E-state index in [1.807, 2.05) is 23.1 Å². The summed E-state index contributed by atoms with van der Waals surface area (Å²) in [5.41, 5.74) is 1.87. The Hall–Kier alpha value is -4.12. The number of H-pyrrole nitrogens is 2. The molecule has 5 aromatic rings. The molecule has 1 aliphatic heterocycles. The van der Waals surface area contributed by atoms with Gasteiger partial charge in [0.15, 0.2) is 5.82 Å². The van der Waals surface area contributed by atoms with Crippen molar-refractivity contribution < 1.29 is 22.0 Å². The minimum absolute atomic E-state index is 0.0233. The van der Waals surface area contributed by atoms with Gasteiger partial charge in [-0.05, 0) is 61.9 Å². The third-order valence-electron chi connectivity index (χ3n) is 7.15. The van der Waals surface area contributed by atoms with Gasteiger partial charge in [-0.2, -0.15) is 23.4 Å². The first-order valence-corrected chi connectivity index (χ1v) is 12.5. The number of fused-ring (bicyclic) bond motifs is 1. The van der Waals surface area contributed by atoms with Crippen LogP contribution in [0.3, 0.4) is 0 Å². The lowest BCUT2D eigenvalue weighted by atomic mass is 9.97. The molecular formula is C28H23F5N6. The van der Waals surface area contributed by atoms with E-state index in [0.717, 1.165) is 48.0 Å². The molecule has 0 bridgehead atoms. The number of likely N-dealkylation sites (tertiary alicyclic amines) is 1. The number of rotatable bonds is 5. The molecule has 3 aromatic carbocycles. The number of benzene rings is 3. The highest BCUT2D eigenvalue weighted by Crippen LogP contribution is 2.34. The van der Waals surface area contributed by atoms with E-state index >= 15 is 0 Å². The minimum atomic E-state index is -4.41. The van der Waals surface area contributed by atoms with Crippen LogP contribution in [0.25, 0.3) is 33.5 Å². The summed E-state index contributed by atoms with van der Waals surface area (Å²) < 4.78 is 67.2. The highest BCUT2D eigenvalue weighted by Gasteiger charge is 2.30. The van der Waals surface area contributed by atoms with Crippen LogP contribution >= 0.6 is 0 Å². The van der Waals surface area contributed by atoms with Crippen molar-refractivity contribution in [1.82, 2.24) is 30.3 Å². The molecule has 11 heteroatoms. The van der Waals surface area contributed by atoms with Gasteiger partial charge >= 0.3 is 6.18 Å². The fourth-order valence-corrected chi connectivity index (χ4v) is 5.11. The number of halogens is 5. The van der Waals surface area contributed by atoms with E-state index in [1.165, 1.54) is 30.3 Å². The largest absolute Gasteiger partial charge is 0.416 e. The summed E-state index contributed by atoms with van der Waals surface area (Å²) >= 11 is 0. The number of aromatic nitrogens is 5. The lowest BCUT2D eigenvalue weighted by Gasteiger charge is -2.31. The fraction of sp³-hybridized carbons (Fsp3) is 0.250. The summed E-state index contributed by atoms with van der Waals surface area (Å²) in [5.74, 6) is 0.0895. The summed E-state index contributed by atoms with van der Waals surface area (Å²) in [5, 5.41) is 15.4. The molecule has 2 N–H and O–H groups in total. The Bertz CT molecular complexity index is 1600. The number of aromatic amines is 2. The van der Waals surface area contributed by atoms with Crippen LogP contribution in [0, 0.1) is 11.6 Å². The topological polar surface area (TPSA) is 73.5 Å². The molecule has 6 nitrogen and oxygen atoms in total. The Morgan fingerprint density at radius 2 is 1.64 bits per heavy atom. The van der Waals surface area contributed by atoms with Crippen LogP contribution in [-0.4, -0.2) is 43.4 Å². The zero-order valence-corrected chi connectivity index (χ0v) is 20.6. The number of nitrogens with zero attached hydrogens (tertiary/aromatic N) is 4. The van der Waals surface area contributed by atoms with E-state index in [2.05, 4.69) is 20.4 Å². The summed E-state index contributed by atoms with van der Waals surface area (Å²) in [6.07, 6.45) is -2.69. The zero-order valence-electron chi connectivity index (χ0n) is 20.6. The van der Waals surface area contributed by atoms with E-state index in [9.17, 15) is 22.0 Å². The zero-order chi connectivity index (χ0) is 27.1. The van der Waals surface area contributed by atoms with E-state index in [1.54, 1.807) is 0 Å². The second-order valence-corrected chi connectivity index (χ2v) is 9.73. The second kappa shape index (κ2) is 9.88. The normalized spacial score (nSPS) is 16.7. The lowest BCUT2D eigenvalue weighted by molar-refractivity contribution is -0.137. The average Bonchev–Trinajstić information content (AvgIpc) is 3.58. The molecule has 0 spiro atoms. The molecule has 0 saturated carbocycles. The summed E-state index contributed by atoms with van der Waals surface area (Å²) in [6, 6.07) is 14.3. The monoisotopic (exact) mass is 538 g/mol. The highest BCUT2D eigenvalue weighted by atomic mass is 19.4. The second-order valence-electron chi connectivity index (χ2n) is 9.73. The molecule has 0 radical (unpaired) electrons. The van der Waals surface area contributed by atoms with Crippen molar-refractivity contribution in [2.75, 3.05) is 13.1 Å². The van der Waals surface area contributed by atoms with Crippen molar-refractivity contribution in [1.29, 1.82) is 0 Å². The Morgan fingerprint density at radius 3 is 2.38 bits per heavy atom. The van der Waals surface area contributed by atoms with E-state index < -0.39 is 23.4 Å². The lowest BCUT2D eigenvalue weighted by Crippen LogP contribution is -2.34. The van der Waals surface area contributed by atoms with Crippen LogP contribution in [0.4, 0.5) is 22.0 Å². The third-order valence-corrected chi connectivity index (χ3v) is 7.15. The molecule has 1 aliphatic rings. The van der Waals surface area contributed by atoms with Gasteiger partial charge in [-0.1, -0.05) is 18.2 Å². The first-order chi connectivity index (χ1) is 18.8. The fourth-order valence-electron chi connectivity index (χ4n) is 5.11. The SMILES string of the molecule is Fc1cccc(F)c1CN1CCC[C@@H](c2nc(-c3ccc4[nH]nc(-c5ccc(C(F)(F)F)cc5)c4c3)n[nH]2)C1. The van der Waals surface area contributed by atoms with Crippen LogP contribution in [0.15, 0.2) is 60.7 Å². The number of hydrogen-bond acceptors (Lipinski definition) is 4. The van der Waals surface area contributed by atoms with Gasteiger partial charge < -0.3 is 0 Å². The summed E-state index contributed by atoms with van der Waals surface area (Å²) in [7, 11) is 0. The van der Waals surface area contributed by atoms with Gasteiger partial charge in [0.1, 0.15) is 17.5 Å². The Balaban J connectivity index is 1.23. The van der Waals surface area contributed by atoms with Crippen molar-refractivity contribution in [3.63, 3.8) is 0 Å². The Morgan fingerprint density at radius 1 is 0.897 bits per heavy atom. The summed E-state index contributed by atoms with van der Waals surface area (Å²) in [4.78, 5) is 6.74. The minimum Gasteiger partial charge on any atom is -0.298 e. The van der Waals surface area contributed by atoms with Crippen molar-refractivity contribution in [2.24, 2.45) is 0 Å². The van der Waals surface area contributed by atoms with Gasteiger partial charge in [0.25, 0.3) is 0 Å². The van der Waals surface area contributed by atoms with Crippen LogP contribution in [-0.2, 0) is 12.7 Å². The Kier molecular flexibility index (Phi) is 6.38. The molecule has 39 heavy (non-hydrogen) atoms. The molecule has 1 saturated heterocycles. The number of hydrogen-bond donors (Lipinski definition) is 2. The molecular weight excluding hydrogens is 515 g/mol. The molecule has 1 atom stereocenters. The van der Waals surface area contributed by atoms with Crippen molar-refractivity contribution in [3.05, 3.63) is 89.2 Å². The van der Waals surface area contributed by atoms with Crippen LogP contribution in [0.5, 0.6) is 0 Å². The maximum absolute atomic E-state index is 14.2. The van der Waals surface area contributed by atoms with Gasteiger partial charge in [0.05, 0.1) is 16.8 Å². The standard InChI is InChI=1S/C28H23F5N6/c29-22-4-1-5-23(30)21(22)15-39-12-2-3-18(14-39)27-34-26(37-38-27)17-8-11-24-20(13-17)25(36-35-24)16-6-9-19(10-7-16)28(31,32)33/h1,4-11,13,18H,2-3,12,14-15H2,(H,35,36)(H,34,37,38)/t18-/m1/s1. The van der Waals surface area contributed by atoms with Crippen molar-refractivity contribution in [2.45, 2.75) is 31.5 Å². The maximum atomic E-state index is 14.2. The predicted octanol–water partition coefficient (Wildman–Crippen LogP) is 6.69. The molecule has 3 heterocycles. The van der Waals surface area contributed by atoms with Gasteiger partial charge in [-0.25, -0.2) is 13.8 Å². The molecule has 1 fully saturated rings. The quantitative estimate of drug-likeness (QED) is 0.245. The van der Waals surface area contributed by atoms with Gasteiger partial charge in [0, 0.05) is 41.1 Å². The number of nitrogens with one attached hydrogen (secondary N) is 2. The van der Waals surface area contributed by atoms with E-state index in [0.29, 0.717) is 29.5 Å². The van der Waals surface area contributed by atoms with Crippen LogP contribution in [0.1, 0.15) is 35.7 Å². The van der Waals surface area contributed by atoms with Gasteiger partial charge in [-0.15, -0.1) is 0 Å². The van der Waals surface area contributed by atoms with Gasteiger partial charge in [-0.3, -0.25) is 15.1 Å². The number of alkyl halides is 3. The summed E-state index contributed by atoms with van der Waals surface area (Å²) in [6.45, 7) is 1.50. The van der Waals surface area contributed by atoms with Gasteiger partial charge in [0.2, 0.25) is 0 Å². The van der Waals surface area contributed by atoms with E-state index in [-0.39, 0.29) is 18.0 Å². The highest BCUT2D eigenvalue weighted by molar-refractivity contribution is 5.95. The number of piperidine rings is 1. The third kappa shape index (κ3) is 5.01. The smallest absolute Gasteiger partial charge is 0.298 e. The molecule has 0 unspecified atom stereocenters. The van der Waals surface area contributed by atoms with Crippen LogP contribution in [0.2, 0.25) is 0 Å². The first-order valence-electron chi connectivity index (χ1n) is 12.5. The molecule has 2 aromatic heterocycles. The molecule has 0 amide bonds. The molecule has 6 rings (SSSR count). The van der Waals surface area contributed by atoms with Crippen LogP contribution < -0.4 is 0 Å². The predicted molar refractivity (Wildman–Crippen MR) is 136 cm³/mol. The molecule has 0 aliphatic carbocycles. The Labute approximate surface area is 219 Å². The first kappa shape index (κ1) is 25.2. The molecule has 200 valence electrons.